The molecule has 3 heteroatoms. The Hall–Kier alpha value is -1.09. The van der Waals surface area contributed by atoms with Gasteiger partial charge in [0.25, 0.3) is 0 Å². The first-order chi connectivity index (χ1) is 8.74. The predicted octanol–water partition coefficient (Wildman–Crippen LogP) is 3.82. The fraction of sp³-hybridized carbons (Fsp3) is 0.400. The molecule has 0 saturated heterocycles. The average molecular weight is 305 g/mol. The molecule has 2 aromatic rings. The van der Waals surface area contributed by atoms with Gasteiger partial charge in [-0.3, -0.25) is 0 Å². The molecule has 1 aromatic carbocycles. The molecule has 0 aliphatic carbocycles. The van der Waals surface area contributed by atoms with Gasteiger partial charge in [0.2, 0.25) is 0 Å². The number of benzene rings is 1. The molecule has 0 N–H and O–H groups in total. The second-order valence-electron chi connectivity index (χ2n) is 5.18. The van der Waals surface area contributed by atoms with Crippen LogP contribution in [0.5, 0.6) is 0 Å². The highest BCUT2D eigenvalue weighted by molar-refractivity contribution is 9.10. The number of imidazole rings is 1. The molecular formula is C15H17BrN2. The molecule has 0 radical (unpaired) electrons. The number of hydrogen-bond acceptors (Lipinski definition) is 1. The minimum Gasteiger partial charge on any atom is -0.331 e. The molecule has 18 heavy (non-hydrogen) atoms. The summed E-state index contributed by atoms with van der Waals surface area (Å²) >= 11 is 3.61. The molecule has 0 saturated carbocycles. The summed E-state index contributed by atoms with van der Waals surface area (Å²) in [4.78, 5) is 4.70. The number of hydrogen-bond donors (Lipinski definition) is 0. The standard InChI is InChI=1S/C15H17BrN2/c1-11-7-8-18-13(9-11)15(16)17-14(18)10-12-5-3-2-4-6-12/h2-6,11H,7-10H2,1H3. The minimum absolute atomic E-state index is 0.773. The van der Waals surface area contributed by atoms with Crippen molar-refractivity contribution in [2.24, 2.45) is 5.92 Å². The van der Waals surface area contributed by atoms with E-state index in [1.54, 1.807) is 0 Å². The molecule has 0 spiro atoms. The van der Waals surface area contributed by atoms with Gasteiger partial charge in [0.1, 0.15) is 10.4 Å². The fourth-order valence-electron chi connectivity index (χ4n) is 2.66. The molecule has 94 valence electrons. The lowest BCUT2D eigenvalue weighted by Gasteiger charge is -2.22. The minimum atomic E-state index is 0.773. The highest BCUT2D eigenvalue weighted by Gasteiger charge is 2.22. The summed E-state index contributed by atoms with van der Waals surface area (Å²) in [6.45, 7) is 3.43. The van der Waals surface area contributed by atoms with Gasteiger partial charge in [-0.2, -0.15) is 0 Å². The maximum absolute atomic E-state index is 4.70. The van der Waals surface area contributed by atoms with E-state index in [4.69, 9.17) is 4.98 Å². The summed E-state index contributed by atoms with van der Waals surface area (Å²) in [6, 6.07) is 10.6. The number of nitrogens with zero attached hydrogens (tertiary/aromatic N) is 2. The van der Waals surface area contributed by atoms with Crippen molar-refractivity contribution in [1.29, 1.82) is 0 Å². The Bertz CT molecular complexity index is 545. The molecule has 1 aliphatic rings. The lowest BCUT2D eigenvalue weighted by atomic mass is 9.98. The van der Waals surface area contributed by atoms with Crippen LogP contribution < -0.4 is 0 Å². The summed E-state index contributed by atoms with van der Waals surface area (Å²) in [6.07, 6.45) is 3.33. The van der Waals surface area contributed by atoms with Crippen LogP contribution >= 0.6 is 15.9 Å². The van der Waals surface area contributed by atoms with Crippen molar-refractivity contribution < 1.29 is 0 Å². The lowest BCUT2D eigenvalue weighted by molar-refractivity contribution is 0.409. The molecule has 0 bridgehead atoms. The van der Waals surface area contributed by atoms with Gasteiger partial charge in [-0.25, -0.2) is 4.98 Å². The Kier molecular flexibility index (Phi) is 3.25. The van der Waals surface area contributed by atoms with E-state index in [0.717, 1.165) is 29.9 Å². The molecule has 1 unspecified atom stereocenters. The third kappa shape index (κ3) is 2.24. The first-order valence-electron chi connectivity index (χ1n) is 6.51. The van der Waals surface area contributed by atoms with Gasteiger partial charge in [0.15, 0.2) is 0 Å². The molecule has 3 rings (SSSR count). The zero-order valence-electron chi connectivity index (χ0n) is 10.6. The number of rotatable bonds is 2. The topological polar surface area (TPSA) is 17.8 Å². The maximum atomic E-state index is 4.70. The van der Waals surface area contributed by atoms with Gasteiger partial charge in [-0.15, -0.1) is 0 Å². The van der Waals surface area contributed by atoms with E-state index < -0.39 is 0 Å². The Morgan fingerprint density at radius 1 is 1.33 bits per heavy atom. The van der Waals surface area contributed by atoms with Crippen LogP contribution in [0.3, 0.4) is 0 Å². The van der Waals surface area contributed by atoms with Crippen molar-refractivity contribution in [2.45, 2.75) is 32.7 Å². The second kappa shape index (κ2) is 4.88. The van der Waals surface area contributed by atoms with Crippen LogP contribution in [0.2, 0.25) is 0 Å². The second-order valence-corrected chi connectivity index (χ2v) is 5.93. The molecule has 0 fully saturated rings. The summed E-state index contributed by atoms with van der Waals surface area (Å²) in [5, 5.41) is 0. The summed E-state index contributed by atoms with van der Waals surface area (Å²) in [7, 11) is 0. The fourth-order valence-corrected chi connectivity index (χ4v) is 3.24. The van der Waals surface area contributed by atoms with Crippen molar-refractivity contribution in [2.75, 3.05) is 0 Å². The SMILES string of the molecule is CC1CCn2c(Cc3ccccc3)nc(Br)c2C1. The van der Waals surface area contributed by atoms with Gasteiger partial charge in [-0.05, 0) is 40.3 Å². The smallest absolute Gasteiger partial charge is 0.127 e. The van der Waals surface area contributed by atoms with Crippen LogP contribution in [0.1, 0.15) is 30.4 Å². The quantitative estimate of drug-likeness (QED) is 0.825. The Morgan fingerprint density at radius 2 is 2.11 bits per heavy atom. The van der Waals surface area contributed by atoms with Crippen molar-refractivity contribution in [3.8, 4) is 0 Å². The van der Waals surface area contributed by atoms with E-state index in [2.05, 4.69) is 57.8 Å². The molecule has 1 aliphatic heterocycles. The van der Waals surface area contributed by atoms with Gasteiger partial charge < -0.3 is 4.57 Å². The Labute approximate surface area is 116 Å². The van der Waals surface area contributed by atoms with Crippen molar-refractivity contribution in [1.82, 2.24) is 9.55 Å². The molecule has 1 aromatic heterocycles. The van der Waals surface area contributed by atoms with Crippen molar-refractivity contribution >= 4 is 15.9 Å². The van der Waals surface area contributed by atoms with Crippen LogP contribution in [0.4, 0.5) is 0 Å². The van der Waals surface area contributed by atoms with E-state index in [1.807, 2.05) is 0 Å². The third-order valence-corrected chi connectivity index (χ3v) is 4.33. The summed E-state index contributed by atoms with van der Waals surface area (Å²) < 4.78 is 3.44. The highest BCUT2D eigenvalue weighted by Crippen LogP contribution is 2.28. The third-order valence-electron chi connectivity index (χ3n) is 3.70. The van der Waals surface area contributed by atoms with Gasteiger partial charge >= 0.3 is 0 Å². The highest BCUT2D eigenvalue weighted by atomic mass is 79.9. The normalized spacial score (nSPS) is 18.7. The van der Waals surface area contributed by atoms with Crippen LogP contribution in [-0.4, -0.2) is 9.55 Å². The maximum Gasteiger partial charge on any atom is 0.127 e. The molecular weight excluding hydrogens is 288 g/mol. The number of aromatic nitrogens is 2. The van der Waals surface area contributed by atoms with Crippen LogP contribution in [-0.2, 0) is 19.4 Å². The van der Waals surface area contributed by atoms with Crippen LogP contribution in [0.25, 0.3) is 0 Å². The van der Waals surface area contributed by atoms with Gasteiger partial charge in [-0.1, -0.05) is 37.3 Å². The Balaban J connectivity index is 1.92. The zero-order valence-corrected chi connectivity index (χ0v) is 12.2. The zero-order chi connectivity index (χ0) is 12.5. The van der Waals surface area contributed by atoms with Crippen LogP contribution in [0.15, 0.2) is 34.9 Å². The molecule has 2 heterocycles. The molecule has 2 nitrogen and oxygen atoms in total. The largest absolute Gasteiger partial charge is 0.331 e. The van der Waals surface area contributed by atoms with E-state index in [9.17, 15) is 0 Å². The average Bonchev–Trinajstić information content (AvgIpc) is 2.67. The van der Waals surface area contributed by atoms with Crippen molar-refractivity contribution in [3.05, 3.63) is 52.0 Å². The first-order valence-corrected chi connectivity index (χ1v) is 7.31. The number of halogens is 1. The first kappa shape index (κ1) is 12.0. The van der Waals surface area contributed by atoms with E-state index in [0.29, 0.717) is 0 Å². The lowest BCUT2D eigenvalue weighted by Crippen LogP contribution is -2.18. The van der Waals surface area contributed by atoms with E-state index >= 15 is 0 Å². The van der Waals surface area contributed by atoms with Gasteiger partial charge in [0.05, 0.1) is 5.69 Å². The van der Waals surface area contributed by atoms with Crippen molar-refractivity contribution in [3.63, 3.8) is 0 Å². The molecule has 1 atom stereocenters. The summed E-state index contributed by atoms with van der Waals surface area (Å²) in [5.74, 6) is 1.96. The Morgan fingerprint density at radius 3 is 2.89 bits per heavy atom. The monoisotopic (exact) mass is 304 g/mol. The molecule has 0 amide bonds. The number of fused-ring (bicyclic) bond motifs is 1. The predicted molar refractivity (Wildman–Crippen MR) is 76.7 cm³/mol. The van der Waals surface area contributed by atoms with E-state index in [-0.39, 0.29) is 0 Å². The van der Waals surface area contributed by atoms with Crippen LogP contribution in [0, 0.1) is 5.92 Å². The summed E-state index contributed by atoms with van der Waals surface area (Å²) in [5.41, 5.74) is 2.70. The van der Waals surface area contributed by atoms with Gasteiger partial charge in [0, 0.05) is 13.0 Å². The van der Waals surface area contributed by atoms with E-state index in [1.165, 1.54) is 23.5 Å².